The van der Waals surface area contributed by atoms with Gasteiger partial charge in [0.15, 0.2) is 0 Å². The van der Waals surface area contributed by atoms with E-state index in [1.54, 1.807) is 6.92 Å². The lowest BCUT2D eigenvalue weighted by Gasteiger charge is -2.32. The van der Waals surface area contributed by atoms with Crippen LogP contribution in [-0.4, -0.2) is 23.9 Å². The van der Waals surface area contributed by atoms with E-state index >= 15 is 0 Å². The van der Waals surface area contributed by atoms with Gasteiger partial charge in [0.2, 0.25) is 5.91 Å². The third-order valence-corrected chi connectivity index (χ3v) is 4.23. The molecule has 0 spiro atoms. The van der Waals surface area contributed by atoms with Crippen LogP contribution in [0.15, 0.2) is 0 Å². The molecule has 1 heterocycles. The predicted molar refractivity (Wildman–Crippen MR) is 68.2 cm³/mol. The van der Waals surface area contributed by atoms with Crippen molar-refractivity contribution in [2.24, 2.45) is 17.8 Å². The van der Waals surface area contributed by atoms with Gasteiger partial charge in [-0.1, -0.05) is 33.6 Å². The molecule has 1 fully saturated rings. The van der Waals surface area contributed by atoms with E-state index < -0.39 is 0 Å². The molecule has 0 aromatic carbocycles. The molecular weight excluding hydrogens is 198 g/mol. The Bertz CT molecular complexity index is 217. The normalized spacial score (nSPS) is 20.2. The Labute approximate surface area is 100 Å². The molecule has 0 radical (unpaired) electrons. The highest BCUT2D eigenvalue weighted by Gasteiger charge is 2.21. The van der Waals surface area contributed by atoms with Crippen molar-refractivity contribution in [3.05, 3.63) is 0 Å². The number of likely N-dealkylation sites (tertiary alicyclic amines) is 1. The number of piperidine rings is 1. The molecule has 2 nitrogen and oxygen atoms in total. The van der Waals surface area contributed by atoms with Gasteiger partial charge in [0, 0.05) is 20.0 Å². The SMILES string of the molecule is CC(=O)N1CCC(CCC(C)C(C)C)CC1. The molecule has 1 atom stereocenters. The second-order valence-electron chi connectivity index (χ2n) is 5.75. The van der Waals surface area contributed by atoms with Gasteiger partial charge in [0.1, 0.15) is 0 Å². The Morgan fingerprint density at radius 2 is 1.81 bits per heavy atom. The summed E-state index contributed by atoms with van der Waals surface area (Å²) in [6.45, 7) is 10.6. The monoisotopic (exact) mass is 225 g/mol. The fourth-order valence-electron chi connectivity index (χ4n) is 2.37. The number of carbonyl (C=O) groups excluding carboxylic acids is 1. The fraction of sp³-hybridized carbons (Fsp3) is 0.929. The second kappa shape index (κ2) is 6.27. The number of carbonyl (C=O) groups is 1. The smallest absolute Gasteiger partial charge is 0.219 e. The zero-order valence-corrected chi connectivity index (χ0v) is 11.3. The fourth-order valence-corrected chi connectivity index (χ4v) is 2.37. The van der Waals surface area contributed by atoms with E-state index in [1.165, 1.54) is 25.7 Å². The topological polar surface area (TPSA) is 20.3 Å². The van der Waals surface area contributed by atoms with Crippen molar-refractivity contribution >= 4 is 5.91 Å². The van der Waals surface area contributed by atoms with E-state index in [2.05, 4.69) is 20.8 Å². The summed E-state index contributed by atoms with van der Waals surface area (Å²) in [7, 11) is 0. The first-order chi connectivity index (χ1) is 7.50. The number of hydrogen-bond donors (Lipinski definition) is 0. The van der Waals surface area contributed by atoms with E-state index in [0.29, 0.717) is 0 Å². The van der Waals surface area contributed by atoms with Crippen LogP contribution in [0.3, 0.4) is 0 Å². The third kappa shape index (κ3) is 4.15. The van der Waals surface area contributed by atoms with Gasteiger partial charge < -0.3 is 4.90 Å². The molecule has 0 aromatic heterocycles. The van der Waals surface area contributed by atoms with Gasteiger partial charge in [-0.05, 0) is 30.6 Å². The van der Waals surface area contributed by atoms with Gasteiger partial charge in [0.05, 0.1) is 0 Å². The van der Waals surface area contributed by atoms with Crippen LogP contribution in [0.2, 0.25) is 0 Å². The van der Waals surface area contributed by atoms with E-state index in [9.17, 15) is 4.79 Å². The average Bonchev–Trinajstić information content (AvgIpc) is 2.26. The molecule has 1 unspecified atom stereocenters. The van der Waals surface area contributed by atoms with Crippen LogP contribution in [0.5, 0.6) is 0 Å². The summed E-state index contributed by atoms with van der Waals surface area (Å²) < 4.78 is 0. The number of nitrogens with zero attached hydrogens (tertiary/aromatic N) is 1. The van der Waals surface area contributed by atoms with Crippen molar-refractivity contribution in [1.82, 2.24) is 4.90 Å². The zero-order chi connectivity index (χ0) is 12.1. The van der Waals surface area contributed by atoms with Crippen LogP contribution in [0.25, 0.3) is 0 Å². The average molecular weight is 225 g/mol. The molecule has 94 valence electrons. The molecule has 0 N–H and O–H groups in total. The van der Waals surface area contributed by atoms with Crippen LogP contribution in [0.4, 0.5) is 0 Å². The molecule has 2 heteroatoms. The summed E-state index contributed by atoms with van der Waals surface area (Å²) in [4.78, 5) is 13.2. The molecule has 1 saturated heterocycles. The summed E-state index contributed by atoms with van der Waals surface area (Å²) in [6.07, 6.45) is 5.13. The number of hydrogen-bond acceptors (Lipinski definition) is 1. The summed E-state index contributed by atoms with van der Waals surface area (Å²) >= 11 is 0. The Morgan fingerprint density at radius 1 is 1.25 bits per heavy atom. The van der Waals surface area contributed by atoms with Crippen LogP contribution in [-0.2, 0) is 4.79 Å². The molecule has 0 aromatic rings. The molecule has 0 bridgehead atoms. The van der Waals surface area contributed by atoms with E-state index in [0.717, 1.165) is 30.8 Å². The van der Waals surface area contributed by atoms with Gasteiger partial charge in [-0.3, -0.25) is 4.79 Å². The minimum absolute atomic E-state index is 0.244. The maximum atomic E-state index is 11.2. The highest BCUT2D eigenvalue weighted by atomic mass is 16.2. The quantitative estimate of drug-likeness (QED) is 0.718. The highest BCUT2D eigenvalue weighted by Crippen LogP contribution is 2.26. The van der Waals surface area contributed by atoms with Gasteiger partial charge in [-0.15, -0.1) is 0 Å². The molecule has 1 amide bonds. The van der Waals surface area contributed by atoms with E-state index in [4.69, 9.17) is 0 Å². The first-order valence-electron chi connectivity index (χ1n) is 6.76. The predicted octanol–water partition coefficient (Wildman–Crippen LogP) is 3.32. The Hall–Kier alpha value is -0.530. The minimum Gasteiger partial charge on any atom is -0.343 e. The van der Waals surface area contributed by atoms with Gasteiger partial charge >= 0.3 is 0 Å². The lowest BCUT2D eigenvalue weighted by Crippen LogP contribution is -2.37. The Balaban J connectivity index is 2.20. The van der Waals surface area contributed by atoms with Crippen LogP contribution < -0.4 is 0 Å². The number of amides is 1. The van der Waals surface area contributed by atoms with Crippen LogP contribution >= 0.6 is 0 Å². The number of rotatable bonds is 4. The van der Waals surface area contributed by atoms with Gasteiger partial charge in [-0.25, -0.2) is 0 Å². The molecule has 1 aliphatic heterocycles. The molecule has 0 aliphatic carbocycles. The zero-order valence-electron chi connectivity index (χ0n) is 11.3. The first kappa shape index (κ1) is 13.5. The van der Waals surface area contributed by atoms with Crippen molar-refractivity contribution in [3.63, 3.8) is 0 Å². The van der Waals surface area contributed by atoms with Crippen molar-refractivity contribution < 1.29 is 4.79 Å². The summed E-state index contributed by atoms with van der Waals surface area (Å²) in [5.74, 6) is 2.74. The maximum absolute atomic E-state index is 11.2. The largest absolute Gasteiger partial charge is 0.343 e. The van der Waals surface area contributed by atoms with Gasteiger partial charge in [0.25, 0.3) is 0 Å². The van der Waals surface area contributed by atoms with E-state index in [1.807, 2.05) is 4.90 Å². The van der Waals surface area contributed by atoms with Crippen LogP contribution in [0, 0.1) is 17.8 Å². The van der Waals surface area contributed by atoms with Crippen molar-refractivity contribution in [1.29, 1.82) is 0 Å². The van der Waals surface area contributed by atoms with E-state index in [-0.39, 0.29) is 5.91 Å². The molecule has 16 heavy (non-hydrogen) atoms. The second-order valence-corrected chi connectivity index (χ2v) is 5.75. The summed E-state index contributed by atoms with van der Waals surface area (Å²) in [5, 5.41) is 0. The molecule has 1 aliphatic rings. The highest BCUT2D eigenvalue weighted by molar-refractivity contribution is 5.73. The molecule has 0 saturated carbocycles. The molecular formula is C14H27NO. The maximum Gasteiger partial charge on any atom is 0.219 e. The Kier molecular flexibility index (Phi) is 5.30. The van der Waals surface area contributed by atoms with Crippen molar-refractivity contribution in [3.8, 4) is 0 Å². The summed E-state index contributed by atoms with van der Waals surface area (Å²) in [6, 6.07) is 0. The van der Waals surface area contributed by atoms with Crippen LogP contribution in [0.1, 0.15) is 53.4 Å². The first-order valence-corrected chi connectivity index (χ1v) is 6.76. The Morgan fingerprint density at radius 3 is 2.25 bits per heavy atom. The third-order valence-electron chi connectivity index (χ3n) is 4.23. The van der Waals surface area contributed by atoms with Crippen molar-refractivity contribution in [2.45, 2.75) is 53.4 Å². The minimum atomic E-state index is 0.244. The van der Waals surface area contributed by atoms with Gasteiger partial charge in [-0.2, -0.15) is 0 Å². The standard InChI is InChI=1S/C14H27NO/c1-11(2)12(3)5-6-14-7-9-15(10-8-14)13(4)16/h11-12,14H,5-10H2,1-4H3. The summed E-state index contributed by atoms with van der Waals surface area (Å²) in [5.41, 5.74) is 0. The lowest BCUT2D eigenvalue weighted by atomic mass is 9.86. The lowest BCUT2D eigenvalue weighted by molar-refractivity contribution is -0.130. The molecule has 1 rings (SSSR count). The van der Waals surface area contributed by atoms with Crippen molar-refractivity contribution in [2.75, 3.05) is 13.1 Å².